The van der Waals surface area contributed by atoms with Crippen LogP contribution in [-0.2, 0) is 24.3 Å². The highest BCUT2D eigenvalue weighted by molar-refractivity contribution is 7.94. The number of nitrogens with zero attached hydrogens (tertiary/aromatic N) is 1. The van der Waals surface area contributed by atoms with Crippen molar-refractivity contribution in [2.75, 3.05) is 30.8 Å². The standard InChI is InChI=1S/C16H22N2O6S/c1-16(2)10-25(21,22)18(15(16)20)12-7-5-6-11(8-12)14(19)17-9-13(23-3)24-4/h5-8,13H,9-10H2,1-4H3,(H,17,19). The molecule has 0 atom stereocenters. The van der Waals surface area contributed by atoms with Crippen molar-refractivity contribution in [2.45, 2.75) is 20.1 Å². The van der Waals surface area contributed by atoms with E-state index in [9.17, 15) is 18.0 Å². The number of carbonyl (C=O) groups is 2. The SMILES string of the molecule is COC(CNC(=O)c1cccc(N2C(=O)C(C)(C)CS2(=O)=O)c1)OC. The second-order valence-electron chi connectivity index (χ2n) is 6.37. The summed E-state index contributed by atoms with van der Waals surface area (Å²) in [5, 5.41) is 2.63. The molecular weight excluding hydrogens is 348 g/mol. The third kappa shape index (κ3) is 4.00. The number of benzene rings is 1. The molecule has 2 amide bonds. The minimum Gasteiger partial charge on any atom is -0.354 e. The number of amides is 2. The Morgan fingerprint density at radius 3 is 2.48 bits per heavy atom. The molecule has 0 radical (unpaired) electrons. The number of sulfonamides is 1. The Hall–Kier alpha value is -1.97. The van der Waals surface area contributed by atoms with Gasteiger partial charge in [0.2, 0.25) is 15.9 Å². The van der Waals surface area contributed by atoms with Crippen LogP contribution in [0.4, 0.5) is 5.69 Å². The van der Waals surface area contributed by atoms with Gasteiger partial charge in [0.25, 0.3) is 5.91 Å². The van der Waals surface area contributed by atoms with Gasteiger partial charge in [-0.1, -0.05) is 6.07 Å². The monoisotopic (exact) mass is 370 g/mol. The first-order chi connectivity index (χ1) is 11.6. The molecule has 0 unspecified atom stereocenters. The summed E-state index contributed by atoms with van der Waals surface area (Å²) in [6.45, 7) is 3.29. The Balaban J connectivity index is 2.24. The number of rotatable bonds is 6. The topological polar surface area (TPSA) is 102 Å². The van der Waals surface area contributed by atoms with E-state index in [2.05, 4.69) is 5.32 Å². The van der Waals surface area contributed by atoms with Gasteiger partial charge in [0.15, 0.2) is 6.29 Å². The maximum atomic E-state index is 12.4. The summed E-state index contributed by atoms with van der Waals surface area (Å²) in [5.41, 5.74) is -0.615. The lowest BCUT2D eigenvalue weighted by atomic mass is 9.95. The third-order valence-corrected chi connectivity index (χ3v) is 5.90. The van der Waals surface area contributed by atoms with Crippen molar-refractivity contribution in [3.05, 3.63) is 29.8 Å². The average Bonchev–Trinajstić information content (AvgIpc) is 2.71. The number of anilines is 1. The van der Waals surface area contributed by atoms with Crippen LogP contribution in [0.3, 0.4) is 0 Å². The van der Waals surface area contributed by atoms with E-state index in [-0.39, 0.29) is 23.5 Å². The van der Waals surface area contributed by atoms with E-state index in [1.807, 2.05) is 0 Å². The van der Waals surface area contributed by atoms with Gasteiger partial charge in [-0.15, -0.1) is 0 Å². The van der Waals surface area contributed by atoms with Gasteiger partial charge in [-0.2, -0.15) is 0 Å². The second-order valence-corrected chi connectivity index (χ2v) is 8.19. The summed E-state index contributed by atoms with van der Waals surface area (Å²) in [6.07, 6.45) is -0.589. The van der Waals surface area contributed by atoms with Crippen molar-refractivity contribution in [1.82, 2.24) is 5.32 Å². The minimum absolute atomic E-state index is 0.129. The van der Waals surface area contributed by atoms with Crippen LogP contribution in [0.25, 0.3) is 0 Å². The lowest BCUT2D eigenvalue weighted by Crippen LogP contribution is -2.35. The number of ether oxygens (including phenoxy) is 2. The smallest absolute Gasteiger partial charge is 0.251 e. The first-order valence-corrected chi connectivity index (χ1v) is 9.24. The highest BCUT2D eigenvalue weighted by Gasteiger charge is 2.49. The van der Waals surface area contributed by atoms with Gasteiger partial charge in [-0.05, 0) is 32.0 Å². The molecule has 0 bridgehead atoms. The van der Waals surface area contributed by atoms with E-state index in [1.165, 1.54) is 38.5 Å². The second kappa shape index (κ2) is 7.11. The molecule has 138 valence electrons. The van der Waals surface area contributed by atoms with E-state index < -0.39 is 33.5 Å². The molecule has 0 saturated carbocycles. The molecule has 0 aromatic heterocycles. The molecule has 1 aromatic rings. The van der Waals surface area contributed by atoms with Crippen LogP contribution in [0, 0.1) is 5.41 Å². The van der Waals surface area contributed by atoms with Crippen LogP contribution >= 0.6 is 0 Å². The predicted octanol–water partition coefficient (Wildman–Crippen LogP) is 0.738. The molecule has 1 saturated heterocycles. The molecule has 1 N–H and O–H groups in total. The molecule has 0 aliphatic carbocycles. The van der Waals surface area contributed by atoms with E-state index >= 15 is 0 Å². The van der Waals surface area contributed by atoms with Crippen molar-refractivity contribution in [1.29, 1.82) is 0 Å². The van der Waals surface area contributed by atoms with Crippen molar-refractivity contribution in [3.63, 3.8) is 0 Å². The summed E-state index contributed by atoms with van der Waals surface area (Å²) in [6, 6.07) is 5.93. The molecular formula is C16H22N2O6S. The normalized spacial score (nSPS) is 18.6. The van der Waals surface area contributed by atoms with Crippen LogP contribution in [0.2, 0.25) is 0 Å². The fourth-order valence-electron chi connectivity index (χ4n) is 2.58. The first-order valence-electron chi connectivity index (χ1n) is 7.63. The lowest BCUT2D eigenvalue weighted by Gasteiger charge is -2.18. The number of nitrogens with one attached hydrogen (secondary N) is 1. The van der Waals surface area contributed by atoms with E-state index in [4.69, 9.17) is 9.47 Å². The Morgan fingerprint density at radius 1 is 1.32 bits per heavy atom. The molecule has 1 heterocycles. The zero-order valence-electron chi connectivity index (χ0n) is 14.6. The molecule has 1 aliphatic rings. The number of methoxy groups -OCH3 is 2. The van der Waals surface area contributed by atoms with E-state index in [1.54, 1.807) is 13.8 Å². The van der Waals surface area contributed by atoms with Crippen molar-refractivity contribution in [3.8, 4) is 0 Å². The van der Waals surface area contributed by atoms with Crippen LogP contribution in [-0.4, -0.2) is 53.0 Å². The maximum Gasteiger partial charge on any atom is 0.251 e. The summed E-state index contributed by atoms with van der Waals surface area (Å²) >= 11 is 0. The third-order valence-electron chi connectivity index (χ3n) is 3.88. The van der Waals surface area contributed by atoms with Crippen molar-refractivity contribution < 1.29 is 27.5 Å². The van der Waals surface area contributed by atoms with E-state index in [0.29, 0.717) is 0 Å². The Morgan fingerprint density at radius 2 is 1.96 bits per heavy atom. The number of hydrogen-bond donors (Lipinski definition) is 1. The van der Waals surface area contributed by atoms with Gasteiger partial charge in [0.05, 0.1) is 23.4 Å². The van der Waals surface area contributed by atoms with Crippen molar-refractivity contribution in [2.24, 2.45) is 5.41 Å². The van der Waals surface area contributed by atoms with Crippen LogP contribution in [0.15, 0.2) is 24.3 Å². The molecule has 8 nitrogen and oxygen atoms in total. The van der Waals surface area contributed by atoms with Gasteiger partial charge in [-0.3, -0.25) is 9.59 Å². The fraction of sp³-hybridized carbons (Fsp3) is 0.500. The zero-order chi connectivity index (χ0) is 18.8. The Kier molecular flexibility index (Phi) is 5.50. The van der Waals surface area contributed by atoms with Gasteiger partial charge in [0, 0.05) is 19.8 Å². The maximum absolute atomic E-state index is 12.4. The minimum atomic E-state index is -3.76. The summed E-state index contributed by atoms with van der Waals surface area (Å²) in [4.78, 5) is 24.7. The highest BCUT2D eigenvalue weighted by Crippen LogP contribution is 2.35. The molecule has 1 fully saturated rings. The number of carbonyl (C=O) groups excluding carboxylic acids is 2. The molecule has 25 heavy (non-hydrogen) atoms. The average molecular weight is 370 g/mol. The summed E-state index contributed by atoms with van der Waals surface area (Å²) in [5.74, 6) is -1.20. The molecule has 0 spiro atoms. The van der Waals surface area contributed by atoms with E-state index in [0.717, 1.165) is 4.31 Å². The molecule has 1 aromatic carbocycles. The largest absolute Gasteiger partial charge is 0.354 e. The van der Waals surface area contributed by atoms with Crippen molar-refractivity contribution >= 4 is 27.5 Å². The summed E-state index contributed by atoms with van der Waals surface area (Å²) in [7, 11) is -0.859. The van der Waals surface area contributed by atoms with Crippen LogP contribution in [0.5, 0.6) is 0 Å². The highest BCUT2D eigenvalue weighted by atomic mass is 32.2. The van der Waals surface area contributed by atoms with Crippen LogP contribution < -0.4 is 9.62 Å². The van der Waals surface area contributed by atoms with Gasteiger partial charge in [0.1, 0.15) is 0 Å². The quantitative estimate of drug-likeness (QED) is 0.741. The van der Waals surface area contributed by atoms with Crippen LogP contribution in [0.1, 0.15) is 24.2 Å². The summed E-state index contributed by atoms with van der Waals surface area (Å²) < 4.78 is 35.4. The Bertz CT molecular complexity index is 771. The predicted molar refractivity (Wildman–Crippen MR) is 91.6 cm³/mol. The Labute approximate surface area is 147 Å². The molecule has 2 rings (SSSR count). The van der Waals surface area contributed by atoms with Gasteiger partial charge in [-0.25, -0.2) is 12.7 Å². The van der Waals surface area contributed by atoms with Gasteiger partial charge < -0.3 is 14.8 Å². The molecule has 1 aliphatic heterocycles. The zero-order valence-corrected chi connectivity index (χ0v) is 15.4. The lowest BCUT2D eigenvalue weighted by molar-refractivity contribution is -0.123. The number of hydrogen-bond acceptors (Lipinski definition) is 6. The van der Waals surface area contributed by atoms with Gasteiger partial charge >= 0.3 is 0 Å². The molecule has 9 heteroatoms. The first kappa shape index (κ1) is 19.4. The fourth-order valence-corrected chi connectivity index (χ4v) is 4.67.